The van der Waals surface area contributed by atoms with Crippen molar-refractivity contribution in [2.45, 2.75) is 37.8 Å². The zero-order chi connectivity index (χ0) is 18.1. The van der Waals surface area contributed by atoms with E-state index in [0.717, 1.165) is 31.2 Å². The highest BCUT2D eigenvalue weighted by Gasteiger charge is 2.21. The van der Waals surface area contributed by atoms with E-state index >= 15 is 0 Å². The number of H-pyrrole nitrogens is 1. The van der Waals surface area contributed by atoms with Gasteiger partial charge in [0, 0.05) is 18.3 Å². The second kappa shape index (κ2) is 6.92. The number of hydrogen-bond donors (Lipinski definition) is 3. The number of hydrogen-bond acceptors (Lipinski definition) is 5. The van der Waals surface area contributed by atoms with Gasteiger partial charge in [0.15, 0.2) is 17.4 Å². The predicted molar refractivity (Wildman–Crippen MR) is 99.7 cm³/mol. The molecule has 4 N–H and O–H groups in total. The van der Waals surface area contributed by atoms with Crippen LogP contribution in [-0.4, -0.2) is 34.1 Å². The summed E-state index contributed by atoms with van der Waals surface area (Å²) in [7, 11) is 1.45. The number of rotatable bonds is 4. The van der Waals surface area contributed by atoms with Gasteiger partial charge in [0.25, 0.3) is 0 Å². The van der Waals surface area contributed by atoms with Crippen molar-refractivity contribution < 1.29 is 9.13 Å². The molecule has 2 heterocycles. The Labute approximate surface area is 151 Å². The molecule has 7 heteroatoms. The molecule has 0 aliphatic heterocycles. The van der Waals surface area contributed by atoms with Gasteiger partial charge in [-0.3, -0.25) is 0 Å². The van der Waals surface area contributed by atoms with Crippen molar-refractivity contribution in [1.82, 2.24) is 15.0 Å². The second-order valence-corrected chi connectivity index (χ2v) is 6.72. The van der Waals surface area contributed by atoms with Crippen molar-refractivity contribution in [3.63, 3.8) is 0 Å². The van der Waals surface area contributed by atoms with Gasteiger partial charge in [0.2, 0.25) is 0 Å². The van der Waals surface area contributed by atoms with Gasteiger partial charge < -0.3 is 20.8 Å². The van der Waals surface area contributed by atoms with Gasteiger partial charge in [-0.15, -0.1) is 0 Å². The number of aromatic amines is 1. The molecule has 0 spiro atoms. The number of nitrogens with zero attached hydrogens (tertiary/aromatic N) is 2. The molecule has 6 nitrogen and oxygen atoms in total. The number of pyridine rings is 1. The van der Waals surface area contributed by atoms with Crippen molar-refractivity contribution in [2.24, 2.45) is 5.73 Å². The number of ether oxygens (including phenoxy) is 1. The topological polar surface area (TPSA) is 88.8 Å². The van der Waals surface area contributed by atoms with Crippen LogP contribution in [-0.2, 0) is 0 Å². The molecule has 0 bridgehead atoms. The second-order valence-electron chi connectivity index (χ2n) is 6.72. The quantitative estimate of drug-likeness (QED) is 0.667. The van der Waals surface area contributed by atoms with Crippen LogP contribution in [0.15, 0.2) is 30.5 Å². The largest absolute Gasteiger partial charge is 0.494 e. The van der Waals surface area contributed by atoms with Gasteiger partial charge in [-0.2, -0.15) is 0 Å². The highest BCUT2D eigenvalue weighted by molar-refractivity contribution is 5.88. The highest BCUT2D eigenvalue weighted by atomic mass is 19.1. The van der Waals surface area contributed by atoms with Crippen LogP contribution in [0, 0.1) is 5.82 Å². The van der Waals surface area contributed by atoms with Crippen LogP contribution in [0.25, 0.3) is 22.4 Å². The fourth-order valence-corrected chi connectivity index (χ4v) is 3.48. The minimum absolute atomic E-state index is 0.193. The zero-order valence-electron chi connectivity index (χ0n) is 14.6. The van der Waals surface area contributed by atoms with Crippen LogP contribution in [0.1, 0.15) is 25.7 Å². The van der Waals surface area contributed by atoms with Crippen molar-refractivity contribution >= 4 is 16.9 Å². The maximum absolute atomic E-state index is 14.6. The zero-order valence-corrected chi connectivity index (χ0v) is 14.6. The molecule has 1 saturated carbocycles. The van der Waals surface area contributed by atoms with Crippen LogP contribution in [0.3, 0.4) is 0 Å². The van der Waals surface area contributed by atoms with Crippen molar-refractivity contribution in [3.05, 3.63) is 36.3 Å². The summed E-state index contributed by atoms with van der Waals surface area (Å²) in [6.45, 7) is 0. The third-order valence-corrected chi connectivity index (χ3v) is 4.95. The molecule has 0 radical (unpaired) electrons. The Balaban J connectivity index is 1.68. The van der Waals surface area contributed by atoms with E-state index < -0.39 is 5.82 Å². The maximum Gasteiger partial charge on any atom is 0.175 e. The lowest BCUT2D eigenvalue weighted by Crippen LogP contribution is -2.33. The normalized spacial score (nSPS) is 20.3. The number of halogens is 1. The molecule has 1 aliphatic carbocycles. The van der Waals surface area contributed by atoms with Gasteiger partial charge in [0.05, 0.1) is 18.2 Å². The summed E-state index contributed by atoms with van der Waals surface area (Å²) >= 11 is 0. The Morgan fingerprint density at radius 3 is 2.81 bits per heavy atom. The minimum Gasteiger partial charge on any atom is -0.494 e. The molecule has 0 unspecified atom stereocenters. The standard InChI is InChI=1S/C19H22FN5O/c1-26-15-4-2-3-13(16(15)20)18-24-14-9-10-22-19(17(14)25-18)23-12-7-5-11(21)6-8-12/h2-4,9-12H,5-8,21H2,1H3,(H,22,23)(H,24,25). The SMILES string of the molecule is COc1cccc(-c2nc3c(NC4CCC(N)CC4)nccc3[nH]2)c1F. The van der Waals surface area contributed by atoms with E-state index in [1.54, 1.807) is 24.4 Å². The molecule has 4 rings (SSSR count). The number of aromatic nitrogens is 3. The molecular weight excluding hydrogens is 333 g/mol. The molecule has 1 aliphatic rings. The van der Waals surface area contributed by atoms with E-state index in [2.05, 4.69) is 20.3 Å². The average molecular weight is 355 g/mol. The monoisotopic (exact) mass is 355 g/mol. The van der Waals surface area contributed by atoms with Crippen LogP contribution < -0.4 is 15.8 Å². The fraction of sp³-hybridized carbons (Fsp3) is 0.368. The molecule has 0 saturated heterocycles. The smallest absolute Gasteiger partial charge is 0.175 e. The van der Waals surface area contributed by atoms with Gasteiger partial charge in [-0.1, -0.05) is 6.07 Å². The lowest BCUT2D eigenvalue weighted by atomic mass is 9.92. The van der Waals surface area contributed by atoms with E-state index in [9.17, 15) is 4.39 Å². The van der Waals surface area contributed by atoms with E-state index in [4.69, 9.17) is 10.5 Å². The van der Waals surface area contributed by atoms with Crippen molar-refractivity contribution in [1.29, 1.82) is 0 Å². The molecule has 0 amide bonds. The number of imidazole rings is 1. The predicted octanol–water partition coefficient (Wildman–Crippen LogP) is 3.45. The van der Waals surface area contributed by atoms with E-state index in [-0.39, 0.29) is 5.75 Å². The van der Waals surface area contributed by atoms with Crippen LogP contribution in [0.5, 0.6) is 5.75 Å². The number of anilines is 1. The number of nitrogens with two attached hydrogens (primary N) is 1. The van der Waals surface area contributed by atoms with Gasteiger partial charge >= 0.3 is 0 Å². The summed E-state index contributed by atoms with van der Waals surface area (Å²) in [6.07, 6.45) is 5.77. The van der Waals surface area contributed by atoms with E-state index in [1.807, 2.05) is 6.07 Å². The van der Waals surface area contributed by atoms with E-state index in [0.29, 0.717) is 34.8 Å². The first-order valence-corrected chi connectivity index (χ1v) is 8.85. The molecular formula is C19H22FN5O. The molecule has 0 atom stereocenters. The molecule has 1 fully saturated rings. The first-order valence-electron chi connectivity index (χ1n) is 8.85. The first-order chi connectivity index (χ1) is 12.7. The van der Waals surface area contributed by atoms with E-state index in [1.165, 1.54) is 7.11 Å². The Kier molecular flexibility index (Phi) is 4.46. The van der Waals surface area contributed by atoms with Crippen LogP contribution in [0.4, 0.5) is 10.2 Å². The van der Waals surface area contributed by atoms with Gasteiger partial charge in [0.1, 0.15) is 11.3 Å². The summed E-state index contributed by atoms with van der Waals surface area (Å²) in [4.78, 5) is 12.2. The summed E-state index contributed by atoms with van der Waals surface area (Å²) < 4.78 is 19.6. The molecule has 3 aromatic rings. The Morgan fingerprint density at radius 2 is 2.04 bits per heavy atom. The molecule has 26 heavy (non-hydrogen) atoms. The number of nitrogens with one attached hydrogen (secondary N) is 2. The fourth-order valence-electron chi connectivity index (χ4n) is 3.48. The Morgan fingerprint density at radius 1 is 1.23 bits per heavy atom. The molecule has 2 aromatic heterocycles. The van der Waals surface area contributed by atoms with Gasteiger partial charge in [-0.25, -0.2) is 14.4 Å². The minimum atomic E-state index is -0.433. The molecule has 136 valence electrons. The average Bonchev–Trinajstić information content (AvgIpc) is 3.09. The number of methoxy groups -OCH3 is 1. The maximum atomic E-state index is 14.6. The third-order valence-electron chi connectivity index (χ3n) is 4.95. The summed E-state index contributed by atoms with van der Waals surface area (Å²) in [5, 5.41) is 3.48. The van der Waals surface area contributed by atoms with Crippen LogP contribution >= 0.6 is 0 Å². The summed E-state index contributed by atoms with van der Waals surface area (Å²) in [5.41, 5.74) is 7.87. The highest BCUT2D eigenvalue weighted by Crippen LogP contribution is 2.30. The Hall–Kier alpha value is -2.67. The number of fused-ring (bicyclic) bond motifs is 1. The van der Waals surface area contributed by atoms with Crippen molar-refractivity contribution in [2.75, 3.05) is 12.4 Å². The Bertz CT molecular complexity index is 917. The number of benzene rings is 1. The van der Waals surface area contributed by atoms with Crippen molar-refractivity contribution in [3.8, 4) is 17.1 Å². The lowest BCUT2D eigenvalue weighted by Gasteiger charge is -2.27. The third kappa shape index (κ3) is 3.10. The summed E-state index contributed by atoms with van der Waals surface area (Å²) in [6, 6.07) is 7.48. The first kappa shape index (κ1) is 16.8. The molecule has 1 aromatic carbocycles. The van der Waals surface area contributed by atoms with Crippen LogP contribution in [0.2, 0.25) is 0 Å². The summed E-state index contributed by atoms with van der Waals surface area (Å²) in [5.74, 6) is 0.933. The van der Waals surface area contributed by atoms with Gasteiger partial charge in [-0.05, 0) is 43.9 Å². The lowest BCUT2D eigenvalue weighted by molar-refractivity contribution is 0.387.